The second kappa shape index (κ2) is 13.3. The average molecular weight is 459 g/mol. The second-order valence-electron chi connectivity index (χ2n) is 7.38. The highest BCUT2D eigenvalue weighted by atomic mass is 79.9. The molecule has 0 aliphatic rings. The SMILES string of the molecule is CCCCCCCCCCOc1ccc(C(=O)CC(=O)c2ccc(Br)cc2)cc1. The zero-order valence-corrected chi connectivity index (χ0v) is 18.9. The van der Waals surface area contributed by atoms with E-state index in [1.54, 1.807) is 36.4 Å². The highest BCUT2D eigenvalue weighted by molar-refractivity contribution is 9.10. The number of carbonyl (C=O) groups excluding carboxylic acids is 2. The molecule has 0 atom stereocenters. The summed E-state index contributed by atoms with van der Waals surface area (Å²) in [6.07, 6.45) is 10.0. The predicted octanol–water partition coefficient (Wildman–Crippen LogP) is 7.42. The standard InChI is InChI=1S/C25H31BrO3/c1-2-3-4-5-6-7-8-9-18-29-23-16-12-21(13-17-23)25(28)19-24(27)20-10-14-22(26)15-11-20/h10-17H,2-9,18-19H2,1H3. The molecule has 0 saturated carbocycles. The maximum atomic E-state index is 12.4. The molecule has 0 spiro atoms. The van der Waals surface area contributed by atoms with Gasteiger partial charge in [0.05, 0.1) is 13.0 Å². The van der Waals surface area contributed by atoms with Crippen molar-refractivity contribution in [1.29, 1.82) is 0 Å². The molecule has 2 rings (SSSR count). The Balaban J connectivity index is 1.67. The number of ether oxygens (including phenoxy) is 1. The molecular weight excluding hydrogens is 428 g/mol. The lowest BCUT2D eigenvalue weighted by Gasteiger charge is -2.07. The first-order valence-corrected chi connectivity index (χ1v) is 11.4. The highest BCUT2D eigenvalue weighted by Crippen LogP contribution is 2.17. The summed E-state index contributed by atoms with van der Waals surface area (Å²) in [5.74, 6) is 0.425. The first-order chi connectivity index (χ1) is 14.1. The van der Waals surface area contributed by atoms with Gasteiger partial charge in [0.2, 0.25) is 0 Å². The molecule has 0 heterocycles. The van der Waals surface area contributed by atoms with Gasteiger partial charge >= 0.3 is 0 Å². The monoisotopic (exact) mass is 458 g/mol. The van der Waals surface area contributed by atoms with Gasteiger partial charge in [0.25, 0.3) is 0 Å². The third-order valence-electron chi connectivity index (χ3n) is 4.93. The van der Waals surface area contributed by atoms with E-state index < -0.39 is 0 Å². The average Bonchev–Trinajstić information content (AvgIpc) is 2.73. The molecule has 0 aromatic heterocycles. The van der Waals surface area contributed by atoms with E-state index in [0.717, 1.165) is 16.6 Å². The third-order valence-corrected chi connectivity index (χ3v) is 5.46. The Kier molecular flexibility index (Phi) is 10.7. The van der Waals surface area contributed by atoms with Crippen LogP contribution in [0.3, 0.4) is 0 Å². The van der Waals surface area contributed by atoms with Crippen molar-refractivity contribution in [3.63, 3.8) is 0 Å². The number of carbonyl (C=O) groups is 2. The van der Waals surface area contributed by atoms with Crippen LogP contribution in [0.1, 0.15) is 85.4 Å². The Morgan fingerprint density at radius 3 is 1.76 bits per heavy atom. The normalized spacial score (nSPS) is 10.7. The summed E-state index contributed by atoms with van der Waals surface area (Å²) < 4.78 is 6.67. The maximum Gasteiger partial charge on any atom is 0.170 e. The van der Waals surface area contributed by atoms with Crippen molar-refractivity contribution in [2.75, 3.05) is 6.61 Å². The lowest BCUT2D eigenvalue weighted by atomic mass is 10.0. The summed E-state index contributed by atoms with van der Waals surface area (Å²) in [6.45, 7) is 2.94. The fraction of sp³-hybridized carbons (Fsp3) is 0.440. The number of Topliss-reactive ketones (excluding diaryl/α,β-unsaturated/α-hetero) is 2. The number of rotatable bonds is 14. The molecular formula is C25H31BrO3. The maximum absolute atomic E-state index is 12.4. The molecule has 0 aliphatic heterocycles. The Morgan fingerprint density at radius 1 is 0.724 bits per heavy atom. The van der Waals surface area contributed by atoms with Gasteiger partial charge < -0.3 is 4.74 Å². The zero-order chi connectivity index (χ0) is 20.9. The molecule has 2 aromatic rings. The van der Waals surface area contributed by atoms with Gasteiger partial charge in [-0.2, -0.15) is 0 Å². The lowest BCUT2D eigenvalue weighted by Crippen LogP contribution is -2.08. The number of halogens is 1. The van der Waals surface area contributed by atoms with Crippen molar-refractivity contribution in [2.45, 2.75) is 64.7 Å². The summed E-state index contributed by atoms with van der Waals surface area (Å²) in [5.41, 5.74) is 1.08. The first kappa shape index (κ1) is 23.3. The molecule has 4 heteroatoms. The molecule has 0 N–H and O–H groups in total. The lowest BCUT2D eigenvalue weighted by molar-refractivity contribution is 0.0894. The van der Waals surface area contributed by atoms with Crippen LogP contribution in [0.2, 0.25) is 0 Å². The molecule has 3 nitrogen and oxygen atoms in total. The number of hydrogen-bond donors (Lipinski definition) is 0. The molecule has 0 aliphatic carbocycles. The van der Waals surface area contributed by atoms with E-state index in [0.29, 0.717) is 17.7 Å². The first-order valence-electron chi connectivity index (χ1n) is 10.6. The van der Waals surface area contributed by atoms with Crippen LogP contribution < -0.4 is 4.74 Å². The van der Waals surface area contributed by atoms with E-state index in [4.69, 9.17) is 4.74 Å². The van der Waals surface area contributed by atoms with Crippen LogP contribution in [0.15, 0.2) is 53.0 Å². The third kappa shape index (κ3) is 8.95. The van der Waals surface area contributed by atoms with Gasteiger partial charge in [0, 0.05) is 15.6 Å². The van der Waals surface area contributed by atoms with Crippen molar-refractivity contribution in [1.82, 2.24) is 0 Å². The molecule has 156 valence electrons. The minimum absolute atomic E-state index is 0.125. The van der Waals surface area contributed by atoms with Crippen LogP contribution in [-0.4, -0.2) is 18.2 Å². The quantitative estimate of drug-likeness (QED) is 0.168. The second-order valence-corrected chi connectivity index (χ2v) is 8.29. The van der Waals surface area contributed by atoms with Gasteiger partial charge in [-0.1, -0.05) is 79.9 Å². The van der Waals surface area contributed by atoms with E-state index in [9.17, 15) is 9.59 Å². The molecule has 0 radical (unpaired) electrons. The minimum atomic E-state index is -0.174. The van der Waals surface area contributed by atoms with E-state index in [1.807, 2.05) is 12.1 Å². The topological polar surface area (TPSA) is 43.4 Å². The molecule has 0 amide bonds. The molecule has 0 bridgehead atoms. The summed E-state index contributed by atoms with van der Waals surface area (Å²) in [4.78, 5) is 24.6. The van der Waals surface area contributed by atoms with Crippen LogP contribution in [0.4, 0.5) is 0 Å². The van der Waals surface area contributed by atoms with Gasteiger partial charge in [0.15, 0.2) is 11.6 Å². The molecule has 0 unspecified atom stereocenters. The summed E-state index contributed by atoms with van der Waals surface area (Å²) >= 11 is 3.34. The molecule has 0 saturated heterocycles. The van der Waals surface area contributed by atoms with Gasteiger partial charge in [0.1, 0.15) is 5.75 Å². The van der Waals surface area contributed by atoms with Crippen LogP contribution in [-0.2, 0) is 0 Å². The van der Waals surface area contributed by atoms with Gasteiger partial charge in [-0.15, -0.1) is 0 Å². The van der Waals surface area contributed by atoms with Gasteiger partial charge in [-0.05, 0) is 42.8 Å². The van der Waals surface area contributed by atoms with Gasteiger partial charge in [-0.3, -0.25) is 9.59 Å². The smallest absolute Gasteiger partial charge is 0.170 e. The van der Waals surface area contributed by atoms with E-state index in [2.05, 4.69) is 22.9 Å². The summed E-state index contributed by atoms with van der Waals surface area (Å²) in [5, 5.41) is 0. The minimum Gasteiger partial charge on any atom is -0.494 e. The van der Waals surface area contributed by atoms with E-state index in [1.165, 1.54) is 44.9 Å². The fourth-order valence-electron chi connectivity index (χ4n) is 3.15. The van der Waals surface area contributed by atoms with Gasteiger partial charge in [-0.25, -0.2) is 0 Å². The van der Waals surface area contributed by atoms with Crippen LogP contribution >= 0.6 is 15.9 Å². The van der Waals surface area contributed by atoms with E-state index >= 15 is 0 Å². The summed E-state index contributed by atoms with van der Waals surface area (Å²) in [6, 6.07) is 14.1. The summed E-state index contributed by atoms with van der Waals surface area (Å²) in [7, 11) is 0. The number of benzene rings is 2. The Morgan fingerprint density at radius 2 is 1.21 bits per heavy atom. The van der Waals surface area contributed by atoms with Crippen LogP contribution in [0, 0.1) is 0 Å². The van der Waals surface area contributed by atoms with E-state index in [-0.39, 0.29) is 18.0 Å². The van der Waals surface area contributed by atoms with Crippen molar-refractivity contribution in [2.24, 2.45) is 0 Å². The molecule has 0 fully saturated rings. The van der Waals surface area contributed by atoms with Crippen molar-refractivity contribution >= 4 is 27.5 Å². The molecule has 2 aromatic carbocycles. The number of hydrogen-bond acceptors (Lipinski definition) is 3. The number of unbranched alkanes of at least 4 members (excludes halogenated alkanes) is 7. The largest absolute Gasteiger partial charge is 0.494 e. The van der Waals surface area contributed by atoms with Crippen LogP contribution in [0.5, 0.6) is 5.75 Å². The zero-order valence-electron chi connectivity index (χ0n) is 17.3. The van der Waals surface area contributed by atoms with Crippen molar-refractivity contribution in [3.8, 4) is 5.75 Å². The Labute approximate surface area is 183 Å². The van der Waals surface area contributed by atoms with Crippen LogP contribution in [0.25, 0.3) is 0 Å². The van der Waals surface area contributed by atoms with Crippen molar-refractivity contribution in [3.05, 3.63) is 64.1 Å². The number of ketones is 2. The molecule has 29 heavy (non-hydrogen) atoms. The Hall–Kier alpha value is -1.94. The fourth-order valence-corrected chi connectivity index (χ4v) is 3.41. The highest BCUT2D eigenvalue weighted by Gasteiger charge is 2.13. The predicted molar refractivity (Wildman–Crippen MR) is 122 cm³/mol. The van der Waals surface area contributed by atoms with Crippen molar-refractivity contribution < 1.29 is 14.3 Å². The Bertz CT molecular complexity index is 751.